The van der Waals surface area contributed by atoms with Crippen LogP contribution in [0.25, 0.3) is 0 Å². The van der Waals surface area contributed by atoms with E-state index in [0.29, 0.717) is 17.8 Å². The van der Waals surface area contributed by atoms with Crippen LogP contribution in [0.4, 0.5) is 0 Å². The molecule has 1 aromatic rings. The molecule has 7 nitrogen and oxygen atoms in total. The van der Waals surface area contributed by atoms with Gasteiger partial charge in [0, 0.05) is 56.8 Å². The first kappa shape index (κ1) is 22.6. The Bertz CT molecular complexity index is 676. The van der Waals surface area contributed by atoms with Gasteiger partial charge in [0.05, 0.1) is 26.4 Å². The Balaban J connectivity index is 0.00000240. The van der Waals surface area contributed by atoms with E-state index < -0.39 is 0 Å². The van der Waals surface area contributed by atoms with E-state index in [-0.39, 0.29) is 30.1 Å². The number of aromatic nitrogens is 1. The van der Waals surface area contributed by atoms with Gasteiger partial charge in [0.25, 0.3) is 0 Å². The summed E-state index contributed by atoms with van der Waals surface area (Å²) >= 11 is 0. The third kappa shape index (κ3) is 5.95. The second-order valence-corrected chi connectivity index (χ2v) is 8.08. The molecule has 1 N–H and O–H groups in total. The fourth-order valence-corrected chi connectivity index (χ4v) is 4.26. The van der Waals surface area contributed by atoms with Crippen molar-refractivity contribution >= 4 is 29.9 Å². The van der Waals surface area contributed by atoms with E-state index in [4.69, 9.17) is 19.2 Å². The minimum Gasteiger partial charge on any atom is -0.474 e. The molecule has 4 heterocycles. The van der Waals surface area contributed by atoms with Crippen molar-refractivity contribution in [1.29, 1.82) is 0 Å². The van der Waals surface area contributed by atoms with E-state index in [2.05, 4.69) is 22.1 Å². The first-order valence-corrected chi connectivity index (χ1v) is 10.6. The second-order valence-electron chi connectivity index (χ2n) is 8.08. The Labute approximate surface area is 190 Å². The fraction of sp³-hybridized carbons (Fsp3) is 0.714. The lowest BCUT2D eigenvalue weighted by atomic mass is 9.87. The first-order valence-electron chi connectivity index (χ1n) is 10.6. The monoisotopic (exact) mass is 516 g/mol. The lowest BCUT2D eigenvalue weighted by Gasteiger charge is -2.25. The van der Waals surface area contributed by atoms with Gasteiger partial charge in [0.15, 0.2) is 5.96 Å². The predicted molar refractivity (Wildman–Crippen MR) is 123 cm³/mol. The van der Waals surface area contributed by atoms with Gasteiger partial charge in [-0.3, -0.25) is 0 Å². The van der Waals surface area contributed by atoms with Gasteiger partial charge in [-0.2, -0.15) is 0 Å². The molecule has 1 spiro atoms. The molecule has 4 rings (SSSR count). The van der Waals surface area contributed by atoms with Crippen LogP contribution in [0.5, 0.6) is 5.88 Å². The average Bonchev–Trinajstić information content (AvgIpc) is 3.36. The summed E-state index contributed by atoms with van der Waals surface area (Å²) in [7, 11) is 0. The summed E-state index contributed by atoms with van der Waals surface area (Å²) < 4.78 is 17.1. The second kappa shape index (κ2) is 10.8. The van der Waals surface area contributed by atoms with Crippen molar-refractivity contribution in [1.82, 2.24) is 15.2 Å². The molecule has 0 aromatic carbocycles. The van der Waals surface area contributed by atoms with Crippen molar-refractivity contribution in [3.05, 3.63) is 23.9 Å². The van der Waals surface area contributed by atoms with Gasteiger partial charge in [0.1, 0.15) is 6.10 Å². The lowest BCUT2D eigenvalue weighted by Crippen LogP contribution is -2.41. The van der Waals surface area contributed by atoms with Crippen molar-refractivity contribution in [3.63, 3.8) is 0 Å². The molecular weight excluding hydrogens is 483 g/mol. The molecule has 1 unspecified atom stereocenters. The summed E-state index contributed by atoms with van der Waals surface area (Å²) in [4.78, 5) is 11.7. The molecule has 3 aliphatic heterocycles. The van der Waals surface area contributed by atoms with Crippen LogP contribution in [0.15, 0.2) is 23.3 Å². The summed E-state index contributed by atoms with van der Waals surface area (Å²) in [6.07, 6.45) is 6.22. The fourth-order valence-electron chi connectivity index (χ4n) is 4.26. The number of hydrogen-bond donors (Lipinski definition) is 1. The standard InChI is InChI=1S/C21H32N4O3.HI/c1-2-22-20(25-9-6-21(15-25)7-12-27-16-21)24-14-17-3-8-23-19(13-17)28-18-4-10-26-11-5-18;/h3,8,13,18H,2,4-7,9-12,14-16H2,1H3,(H,22,24);1H. The van der Waals surface area contributed by atoms with Gasteiger partial charge in [-0.05, 0) is 31.4 Å². The summed E-state index contributed by atoms with van der Waals surface area (Å²) in [6, 6.07) is 4.03. The van der Waals surface area contributed by atoms with Crippen molar-refractivity contribution < 1.29 is 14.2 Å². The summed E-state index contributed by atoms with van der Waals surface area (Å²) in [5, 5.41) is 3.46. The summed E-state index contributed by atoms with van der Waals surface area (Å²) in [5.74, 6) is 1.68. The zero-order valence-electron chi connectivity index (χ0n) is 17.3. The summed E-state index contributed by atoms with van der Waals surface area (Å²) in [5.41, 5.74) is 1.45. The number of hydrogen-bond acceptors (Lipinski definition) is 5. The maximum Gasteiger partial charge on any atom is 0.213 e. The van der Waals surface area contributed by atoms with Crippen molar-refractivity contribution in [2.75, 3.05) is 46.1 Å². The molecule has 0 aliphatic carbocycles. The molecule has 8 heteroatoms. The van der Waals surface area contributed by atoms with Crippen LogP contribution >= 0.6 is 24.0 Å². The summed E-state index contributed by atoms with van der Waals surface area (Å²) in [6.45, 7) is 9.01. The zero-order chi connectivity index (χ0) is 19.2. The molecule has 1 aromatic heterocycles. The van der Waals surface area contributed by atoms with Crippen molar-refractivity contribution in [2.24, 2.45) is 10.4 Å². The van der Waals surface area contributed by atoms with E-state index in [1.807, 2.05) is 18.3 Å². The third-order valence-corrected chi connectivity index (χ3v) is 5.92. The van der Waals surface area contributed by atoms with Crippen LogP contribution < -0.4 is 10.1 Å². The number of ether oxygens (including phenoxy) is 3. The Hall–Kier alpha value is -1.13. The number of guanidine groups is 1. The molecule has 29 heavy (non-hydrogen) atoms. The molecule has 0 amide bonds. The van der Waals surface area contributed by atoms with E-state index in [1.54, 1.807) is 0 Å². The van der Waals surface area contributed by atoms with Crippen LogP contribution in [0.1, 0.15) is 38.2 Å². The molecule has 3 saturated heterocycles. The van der Waals surface area contributed by atoms with Crippen molar-refractivity contribution in [2.45, 2.75) is 45.3 Å². The van der Waals surface area contributed by atoms with Crippen LogP contribution in [-0.4, -0.2) is 68.0 Å². The van der Waals surface area contributed by atoms with E-state index in [9.17, 15) is 0 Å². The highest BCUT2D eigenvalue weighted by Crippen LogP contribution is 2.38. The largest absolute Gasteiger partial charge is 0.474 e. The van der Waals surface area contributed by atoms with E-state index in [1.165, 1.54) is 12.8 Å². The van der Waals surface area contributed by atoms with Gasteiger partial charge in [-0.25, -0.2) is 9.98 Å². The molecule has 162 valence electrons. The smallest absolute Gasteiger partial charge is 0.213 e. The molecule has 3 aliphatic rings. The third-order valence-electron chi connectivity index (χ3n) is 5.92. The lowest BCUT2D eigenvalue weighted by molar-refractivity contribution is 0.0237. The topological polar surface area (TPSA) is 68.2 Å². The van der Waals surface area contributed by atoms with Gasteiger partial charge >= 0.3 is 0 Å². The number of rotatable bonds is 5. The Morgan fingerprint density at radius 3 is 2.93 bits per heavy atom. The van der Waals surface area contributed by atoms with Crippen LogP contribution in [-0.2, 0) is 16.0 Å². The minimum atomic E-state index is 0. The molecule has 3 fully saturated rings. The van der Waals surface area contributed by atoms with Crippen LogP contribution in [0.3, 0.4) is 0 Å². The zero-order valence-corrected chi connectivity index (χ0v) is 19.6. The number of pyridine rings is 1. The highest BCUT2D eigenvalue weighted by molar-refractivity contribution is 14.0. The minimum absolute atomic E-state index is 0. The highest BCUT2D eigenvalue weighted by atomic mass is 127. The average molecular weight is 516 g/mol. The number of likely N-dealkylation sites (tertiary alicyclic amines) is 1. The number of aliphatic imine (C=N–C) groups is 1. The van der Waals surface area contributed by atoms with Gasteiger partial charge in [-0.1, -0.05) is 0 Å². The van der Waals surface area contributed by atoms with Gasteiger partial charge in [-0.15, -0.1) is 24.0 Å². The normalized spacial score (nSPS) is 25.3. The van der Waals surface area contributed by atoms with Crippen LogP contribution in [0.2, 0.25) is 0 Å². The number of nitrogens with zero attached hydrogens (tertiary/aromatic N) is 3. The van der Waals surface area contributed by atoms with Gasteiger partial charge in [0.2, 0.25) is 5.88 Å². The van der Waals surface area contributed by atoms with Crippen LogP contribution in [0, 0.1) is 5.41 Å². The van der Waals surface area contributed by atoms with Crippen molar-refractivity contribution in [3.8, 4) is 5.88 Å². The van der Waals surface area contributed by atoms with Gasteiger partial charge < -0.3 is 24.4 Å². The molecular formula is C21H33IN4O3. The van der Waals surface area contributed by atoms with E-state index in [0.717, 1.165) is 70.4 Å². The highest BCUT2D eigenvalue weighted by Gasteiger charge is 2.42. The Kier molecular flexibility index (Phi) is 8.37. The Morgan fingerprint density at radius 1 is 1.31 bits per heavy atom. The SMILES string of the molecule is CCNC(=NCc1ccnc(OC2CCOCC2)c1)N1CCC2(CCOC2)C1.I. The molecule has 0 radical (unpaired) electrons. The molecule has 1 atom stereocenters. The molecule has 0 saturated carbocycles. The quantitative estimate of drug-likeness (QED) is 0.369. The van der Waals surface area contributed by atoms with E-state index >= 15 is 0 Å². The molecule has 0 bridgehead atoms. The maximum atomic E-state index is 6.03. The maximum absolute atomic E-state index is 6.03. The number of halogens is 1. The number of nitrogens with one attached hydrogen (secondary N) is 1. The predicted octanol–water partition coefficient (Wildman–Crippen LogP) is 2.84. The first-order chi connectivity index (χ1) is 13.8. The Morgan fingerprint density at radius 2 is 2.17 bits per heavy atom.